The number of aliphatic hydroxyl groups excluding tert-OH is 1. The third-order valence-corrected chi connectivity index (χ3v) is 3.64. The lowest BCUT2D eigenvalue weighted by Crippen LogP contribution is -2.42. The fourth-order valence-corrected chi connectivity index (χ4v) is 1.97. The average Bonchev–Trinajstić information content (AvgIpc) is 2.45. The highest BCUT2D eigenvalue weighted by atomic mass is 16.5. The Hall–Kier alpha value is -1.26. The van der Waals surface area contributed by atoms with Crippen LogP contribution in [0.15, 0.2) is 18.2 Å². The molecule has 4 heteroatoms. The number of ether oxygens (including phenoxy) is 2. The third-order valence-electron chi connectivity index (χ3n) is 3.64. The molecule has 1 atom stereocenters. The van der Waals surface area contributed by atoms with Crippen molar-refractivity contribution in [1.29, 1.82) is 0 Å². The van der Waals surface area contributed by atoms with E-state index in [0.29, 0.717) is 6.54 Å². The predicted octanol–water partition coefficient (Wildman–Crippen LogP) is 2.34. The highest BCUT2D eigenvalue weighted by Gasteiger charge is 2.21. The van der Waals surface area contributed by atoms with Crippen molar-refractivity contribution in [2.45, 2.75) is 38.8 Å². The fourth-order valence-electron chi connectivity index (χ4n) is 1.97. The van der Waals surface area contributed by atoms with Crippen LogP contribution in [0.3, 0.4) is 0 Å². The van der Waals surface area contributed by atoms with E-state index in [4.69, 9.17) is 14.6 Å². The van der Waals surface area contributed by atoms with Gasteiger partial charge in [-0.25, -0.2) is 0 Å². The topological polar surface area (TPSA) is 50.7 Å². The zero-order valence-electron chi connectivity index (χ0n) is 12.3. The summed E-state index contributed by atoms with van der Waals surface area (Å²) in [5.41, 5.74) is 0.988. The smallest absolute Gasteiger partial charge is 0.123 e. The Morgan fingerprint density at radius 1 is 1.26 bits per heavy atom. The molecule has 0 bridgehead atoms. The van der Waals surface area contributed by atoms with Gasteiger partial charge in [-0.05, 0) is 38.0 Å². The number of hydrogen-bond donors (Lipinski definition) is 2. The van der Waals surface area contributed by atoms with E-state index < -0.39 is 0 Å². The molecule has 4 nitrogen and oxygen atoms in total. The van der Waals surface area contributed by atoms with Gasteiger partial charge in [0.25, 0.3) is 0 Å². The van der Waals surface area contributed by atoms with Crippen LogP contribution in [0.1, 0.15) is 32.3 Å². The Labute approximate surface area is 115 Å². The second-order valence-corrected chi connectivity index (χ2v) is 4.92. The van der Waals surface area contributed by atoms with Crippen LogP contribution in [0.25, 0.3) is 0 Å². The first-order chi connectivity index (χ1) is 9.08. The predicted molar refractivity (Wildman–Crippen MR) is 76.8 cm³/mol. The first-order valence-electron chi connectivity index (χ1n) is 6.65. The minimum absolute atomic E-state index is 0.0666. The maximum atomic E-state index is 9.13. The molecule has 19 heavy (non-hydrogen) atoms. The van der Waals surface area contributed by atoms with Gasteiger partial charge in [0.05, 0.1) is 14.2 Å². The molecular formula is C15H25NO3. The molecule has 1 unspecified atom stereocenters. The van der Waals surface area contributed by atoms with Crippen LogP contribution < -0.4 is 14.8 Å². The van der Waals surface area contributed by atoms with Crippen molar-refractivity contribution in [3.8, 4) is 11.5 Å². The molecule has 0 spiro atoms. The Bertz CT molecular complexity index is 395. The molecule has 0 saturated heterocycles. The molecule has 0 aliphatic heterocycles. The number of nitrogens with one attached hydrogen (secondary N) is 1. The zero-order valence-corrected chi connectivity index (χ0v) is 12.3. The first-order valence-corrected chi connectivity index (χ1v) is 6.65. The van der Waals surface area contributed by atoms with Crippen molar-refractivity contribution in [2.75, 3.05) is 20.8 Å². The Kier molecular flexibility index (Phi) is 6.12. The molecule has 108 valence electrons. The van der Waals surface area contributed by atoms with E-state index in [1.54, 1.807) is 14.2 Å². The zero-order chi connectivity index (χ0) is 14.3. The Balaban J connectivity index is 2.80. The van der Waals surface area contributed by atoms with E-state index in [9.17, 15) is 0 Å². The summed E-state index contributed by atoms with van der Waals surface area (Å²) in [6, 6.07) is 5.76. The summed E-state index contributed by atoms with van der Waals surface area (Å²) in [4.78, 5) is 0. The first kappa shape index (κ1) is 15.8. The minimum Gasteiger partial charge on any atom is -0.497 e. The van der Waals surface area contributed by atoms with Crippen LogP contribution >= 0.6 is 0 Å². The summed E-state index contributed by atoms with van der Waals surface area (Å²) in [6.07, 6.45) is 1.69. The van der Waals surface area contributed by atoms with E-state index in [-0.39, 0.29) is 12.1 Å². The monoisotopic (exact) mass is 267 g/mol. The van der Waals surface area contributed by atoms with Gasteiger partial charge < -0.3 is 19.9 Å². The van der Waals surface area contributed by atoms with Gasteiger partial charge in [-0.1, -0.05) is 6.92 Å². The molecule has 0 radical (unpaired) electrons. The van der Waals surface area contributed by atoms with E-state index in [0.717, 1.165) is 29.9 Å². The summed E-state index contributed by atoms with van der Waals surface area (Å²) >= 11 is 0. The molecule has 0 saturated carbocycles. The molecule has 1 aromatic carbocycles. The van der Waals surface area contributed by atoms with E-state index >= 15 is 0 Å². The van der Waals surface area contributed by atoms with Crippen LogP contribution in [0.2, 0.25) is 0 Å². The van der Waals surface area contributed by atoms with Gasteiger partial charge in [0.2, 0.25) is 0 Å². The molecule has 1 rings (SSSR count). The van der Waals surface area contributed by atoms with Crippen molar-refractivity contribution in [3.05, 3.63) is 23.8 Å². The lowest BCUT2D eigenvalue weighted by atomic mass is 9.94. The number of benzene rings is 1. The molecule has 0 amide bonds. The highest BCUT2D eigenvalue weighted by molar-refractivity contribution is 5.40. The third kappa shape index (κ3) is 4.40. The van der Waals surface area contributed by atoms with Crippen molar-refractivity contribution in [3.63, 3.8) is 0 Å². The second-order valence-electron chi connectivity index (χ2n) is 4.92. The van der Waals surface area contributed by atoms with Crippen molar-refractivity contribution in [2.24, 2.45) is 0 Å². The number of hydrogen-bond acceptors (Lipinski definition) is 4. The van der Waals surface area contributed by atoms with Crippen molar-refractivity contribution >= 4 is 0 Å². The van der Waals surface area contributed by atoms with Crippen LogP contribution in [-0.4, -0.2) is 31.5 Å². The summed E-state index contributed by atoms with van der Waals surface area (Å²) in [7, 11) is 3.32. The molecule has 0 aromatic heterocycles. The van der Waals surface area contributed by atoms with Gasteiger partial charge in [-0.2, -0.15) is 0 Å². The molecule has 0 aliphatic rings. The molecule has 0 fully saturated rings. The largest absolute Gasteiger partial charge is 0.497 e. The van der Waals surface area contributed by atoms with Gasteiger partial charge in [-0.3, -0.25) is 0 Å². The standard InChI is InChI=1S/C15H25NO3/c1-5-15(2,8-9-17)16-11-12-10-13(18-3)6-7-14(12)19-4/h6-7,10,16-17H,5,8-9,11H2,1-4H3. The Morgan fingerprint density at radius 3 is 2.53 bits per heavy atom. The number of methoxy groups -OCH3 is 2. The lowest BCUT2D eigenvalue weighted by Gasteiger charge is -2.29. The SMILES string of the molecule is CCC(C)(CCO)NCc1cc(OC)ccc1OC. The molecule has 0 aliphatic carbocycles. The van der Waals surface area contributed by atoms with E-state index in [1.165, 1.54) is 0 Å². The van der Waals surface area contributed by atoms with E-state index in [1.807, 2.05) is 18.2 Å². The molecule has 2 N–H and O–H groups in total. The summed E-state index contributed by atoms with van der Waals surface area (Å²) in [6.45, 7) is 5.11. The number of aliphatic hydroxyl groups is 1. The van der Waals surface area contributed by atoms with Gasteiger partial charge in [0.15, 0.2) is 0 Å². The highest BCUT2D eigenvalue weighted by Crippen LogP contribution is 2.25. The molecular weight excluding hydrogens is 242 g/mol. The van der Waals surface area contributed by atoms with Gasteiger partial charge >= 0.3 is 0 Å². The van der Waals surface area contributed by atoms with Crippen molar-refractivity contribution in [1.82, 2.24) is 5.32 Å². The summed E-state index contributed by atoms with van der Waals surface area (Å²) in [5, 5.41) is 12.6. The van der Waals surface area contributed by atoms with Gasteiger partial charge in [-0.15, -0.1) is 0 Å². The van der Waals surface area contributed by atoms with Crippen LogP contribution in [0.5, 0.6) is 11.5 Å². The van der Waals surface area contributed by atoms with Gasteiger partial charge in [0.1, 0.15) is 11.5 Å². The summed E-state index contributed by atoms with van der Waals surface area (Å²) < 4.78 is 10.6. The van der Waals surface area contributed by atoms with Crippen molar-refractivity contribution < 1.29 is 14.6 Å². The number of rotatable bonds is 8. The maximum absolute atomic E-state index is 9.13. The van der Waals surface area contributed by atoms with Crippen LogP contribution in [-0.2, 0) is 6.54 Å². The van der Waals surface area contributed by atoms with Gasteiger partial charge in [0, 0.05) is 24.3 Å². The normalized spacial score (nSPS) is 13.9. The fraction of sp³-hybridized carbons (Fsp3) is 0.600. The second kappa shape index (κ2) is 7.36. The van der Waals surface area contributed by atoms with Crippen LogP contribution in [0, 0.1) is 0 Å². The van der Waals surface area contributed by atoms with Crippen LogP contribution in [0.4, 0.5) is 0 Å². The lowest BCUT2D eigenvalue weighted by molar-refractivity contribution is 0.214. The Morgan fingerprint density at radius 2 is 2.00 bits per heavy atom. The summed E-state index contributed by atoms with van der Waals surface area (Å²) in [5.74, 6) is 1.66. The quantitative estimate of drug-likeness (QED) is 0.759. The van der Waals surface area contributed by atoms with E-state index in [2.05, 4.69) is 19.2 Å². The average molecular weight is 267 g/mol. The maximum Gasteiger partial charge on any atom is 0.123 e. The molecule has 0 heterocycles. The minimum atomic E-state index is -0.0666. The molecule has 1 aromatic rings.